The van der Waals surface area contributed by atoms with E-state index in [2.05, 4.69) is 13.0 Å². The van der Waals surface area contributed by atoms with Crippen LogP contribution in [0.2, 0.25) is 0 Å². The van der Waals surface area contributed by atoms with Gasteiger partial charge in [-0.15, -0.1) is 0 Å². The SMILES string of the molecule is CC12CCC3c4ccc(B(O)O)cc4C[C@@H](CCCCCCCCCSCCCC(F)(F)C(F)(F)F)C3C1CCC2=O. The number of alkyl halides is 5. The summed E-state index contributed by atoms with van der Waals surface area (Å²) in [5.74, 6) is -1.15. The molecule has 3 nitrogen and oxygen atoms in total. The van der Waals surface area contributed by atoms with Crippen molar-refractivity contribution in [3.05, 3.63) is 29.3 Å². The molecule has 3 aliphatic carbocycles. The normalized spacial score (nSPS) is 27.5. The fraction of sp³-hybridized carbons (Fsp3) is 0.781. The lowest BCUT2D eigenvalue weighted by atomic mass is 9.52. The highest BCUT2D eigenvalue weighted by Gasteiger charge is 2.57. The van der Waals surface area contributed by atoms with Crippen molar-refractivity contribution in [2.24, 2.45) is 23.2 Å². The summed E-state index contributed by atoms with van der Waals surface area (Å²) in [4.78, 5) is 12.9. The standard InChI is InChI=1S/C32H46BF5O3S/c1-30-17-15-26-25-12-11-24(33(40)41)21-23(25)20-22(29(26)27(30)13-14-28(30)39)10-7-5-3-2-4-6-8-18-42-19-9-16-31(34,35)32(36,37)38/h11-12,21-22,26-27,29,40-41H,2-10,13-20H2,1H3/t22-,26?,27?,29?,30?/m1/s1. The van der Waals surface area contributed by atoms with Crippen LogP contribution in [0, 0.1) is 23.2 Å². The summed E-state index contributed by atoms with van der Waals surface area (Å²) in [5, 5.41) is 19.5. The van der Waals surface area contributed by atoms with Crippen molar-refractivity contribution in [1.29, 1.82) is 0 Å². The molecule has 3 aliphatic rings. The summed E-state index contributed by atoms with van der Waals surface area (Å²) >= 11 is 1.46. The molecule has 1 aromatic carbocycles. The van der Waals surface area contributed by atoms with Crippen LogP contribution in [0.4, 0.5) is 22.0 Å². The smallest absolute Gasteiger partial charge is 0.423 e. The number of thioether (sulfide) groups is 1. The number of carbonyl (C=O) groups excluding carboxylic acids is 1. The number of Topliss-reactive ketones (excluding diaryl/α,β-unsaturated/α-hetero) is 1. The van der Waals surface area contributed by atoms with E-state index in [-0.39, 0.29) is 11.8 Å². The summed E-state index contributed by atoms with van der Waals surface area (Å²) < 4.78 is 62.5. The van der Waals surface area contributed by atoms with Crippen molar-refractivity contribution >= 4 is 30.1 Å². The second-order valence-electron chi connectivity index (χ2n) is 13.2. The van der Waals surface area contributed by atoms with E-state index in [1.54, 1.807) is 0 Å². The molecular formula is C32H46BF5O3S. The van der Waals surface area contributed by atoms with E-state index in [9.17, 15) is 36.8 Å². The van der Waals surface area contributed by atoms with Gasteiger partial charge in [0.15, 0.2) is 0 Å². The van der Waals surface area contributed by atoms with Gasteiger partial charge >= 0.3 is 19.2 Å². The number of benzene rings is 1. The van der Waals surface area contributed by atoms with Gasteiger partial charge < -0.3 is 10.0 Å². The largest absolute Gasteiger partial charge is 0.488 e. The molecule has 2 saturated carbocycles. The number of hydrogen-bond donors (Lipinski definition) is 2. The van der Waals surface area contributed by atoms with Crippen molar-refractivity contribution in [3.63, 3.8) is 0 Å². The topological polar surface area (TPSA) is 57.5 Å². The first-order chi connectivity index (χ1) is 19.8. The van der Waals surface area contributed by atoms with Crippen molar-refractivity contribution in [2.75, 3.05) is 11.5 Å². The fourth-order valence-corrected chi connectivity index (χ4v) is 9.12. The molecule has 0 heterocycles. The predicted molar refractivity (Wildman–Crippen MR) is 159 cm³/mol. The monoisotopic (exact) mass is 616 g/mol. The molecule has 0 bridgehead atoms. The molecule has 1 aromatic rings. The maximum atomic E-state index is 12.9. The Morgan fingerprint density at radius 3 is 2.31 bits per heavy atom. The van der Waals surface area contributed by atoms with Crippen LogP contribution < -0.4 is 5.46 Å². The Kier molecular flexibility index (Phi) is 11.5. The number of halogens is 5. The van der Waals surface area contributed by atoms with Crippen LogP contribution in [0.5, 0.6) is 0 Å². The van der Waals surface area contributed by atoms with Crippen molar-refractivity contribution in [1.82, 2.24) is 0 Å². The highest BCUT2D eigenvalue weighted by atomic mass is 32.2. The van der Waals surface area contributed by atoms with Crippen LogP contribution in [-0.4, -0.2) is 46.6 Å². The molecule has 4 unspecified atom stereocenters. The first-order valence-electron chi connectivity index (χ1n) is 15.9. The summed E-state index contributed by atoms with van der Waals surface area (Å²) in [6, 6.07) is 5.92. The van der Waals surface area contributed by atoms with Crippen LogP contribution in [0.3, 0.4) is 0 Å². The Hall–Kier alpha value is -1.13. The number of unbranched alkanes of at least 4 members (excludes halogenated alkanes) is 6. The molecule has 5 atom stereocenters. The Morgan fingerprint density at radius 1 is 0.952 bits per heavy atom. The molecule has 0 saturated heterocycles. The van der Waals surface area contributed by atoms with Gasteiger partial charge in [0.05, 0.1) is 0 Å². The third-order valence-corrected chi connectivity index (χ3v) is 11.6. The first-order valence-corrected chi connectivity index (χ1v) is 17.0. The minimum atomic E-state index is -5.45. The number of hydrogen-bond acceptors (Lipinski definition) is 4. The summed E-state index contributed by atoms with van der Waals surface area (Å²) in [5.41, 5.74) is 2.94. The molecule has 4 rings (SSSR count). The first kappa shape index (κ1) is 33.8. The fourth-order valence-electron chi connectivity index (χ4n) is 8.16. The minimum absolute atomic E-state index is 0.133. The molecule has 236 valence electrons. The van der Waals surface area contributed by atoms with Gasteiger partial charge in [0.1, 0.15) is 5.78 Å². The van der Waals surface area contributed by atoms with Gasteiger partial charge in [-0.2, -0.15) is 33.7 Å². The predicted octanol–water partition coefficient (Wildman–Crippen LogP) is 7.85. The number of fused-ring (bicyclic) bond motifs is 5. The van der Waals surface area contributed by atoms with E-state index in [0.29, 0.717) is 47.1 Å². The van der Waals surface area contributed by atoms with Gasteiger partial charge in [0.2, 0.25) is 0 Å². The average Bonchev–Trinajstić information content (AvgIpc) is 3.23. The van der Waals surface area contributed by atoms with Gasteiger partial charge in [-0.1, -0.05) is 63.6 Å². The maximum Gasteiger partial charge on any atom is 0.488 e. The van der Waals surface area contributed by atoms with Gasteiger partial charge in [-0.3, -0.25) is 4.79 Å². The van der Waals surface area contributed by atoms with Crippen molar-refractivity contribution in [2.45, 2.75) is 121 Å². The number of rotatable bonds is 15. The highest BCUT2D eigenvalue weighted by Crippen LogP contribution is 2.61. The Morgan fingerprint density at radius 2 is 1.62 bits per heavy atom. The van der Waals surface area contributed by atoms with Crippen LogP contribution in [0.15, 0.2) is 18.2 Å². The number of ketones is 1. The highest BCUT2D eigenvalue weighted by molar-refractivity contribution is 7.99. The van der Waals surface area contributed by atoms with Crippen LogP contribution in [-0.2, 0) is 11.2 Å². The Balaban J connectivity index is 1.17. The van der Waals surface area contributed by atoms with E-state index in [0.717, 1.165) is 82.8 Å². The molecular weight excluding hydrogens is 570 g/mol. The zero-order valence-electron chi connectivity index (χ0n) is 24.7. The molecule has 2 N–H and O–H groups in total. The lowest BCUT2D eigenvalue weighted by Gasteiger charge is -2.52. The molecule has 0 aliphatic heterocycles. The molecule has 10 heteroatoms. The molecule has 0 spiro atoms. The minimum Gasteiger partial charge on any atom is -0.423 e. The Bertz CT molecular complexity index is 1050. The third kappa shape index (κ3) is 7.74. The average molecular weight is 617 g/mol. The quantitative estimate of drug-likeness (QED) is 0.120. The zero-order chi connectivity index (χ0) is 30.5. The molecule has 2 fully saturated rings. The third-order valence-electron chi connectivity index (χ3n) is 10.5. The van der Waals surface area contributed by atoms with Gasteiger partial charge in [0, 0.05) is 18.3 Å². The summed E-state index contributed by atoms with van der Waals surface area (Å²) in [6.07, 6.45) is 6.67. The Labute approximate surface area is 251 Å². The van der Waals surface area contributed by atoms with E-state index in [4.69, 9.17) is 0 Å². The lowest BCUT2D eigenvalue weighted by molar-refractivity contribution is -0.284. The van der Waals surface area contributed by atoms with Gasteiger partial charge in [-0.05, 0) is 96.7 Å². The van der Waals surface area contributed by atoms with Gasteiger partial charge in [0.25, 0.3) is 0 Å². The van der Waals surface area contributed by atoms with Crippen LogP contribution >= 0.6 is 11.8 Å². The molecule has 0 radical (unpaired) electrons. The molecule has 42 heavy (non-hydrogen) atoms. The van der Waals surface area contributed by atoms with Gasteiger partial charge in [-0.25, -0.2) is 0 Å². The second-order valence-corrected chi connectivity index (χ2v) is 14.4. The van der Waals surface area contributed by atoms with E-state index < -0.39 is 25.6 Å². The summed E-state index contributed by atoms with van der Waals surface area (Å²) in [6.45, 7) is 2.20. The van der Waals surface area contributed by atoms with Crippen LogP contribution in [0.25, 0.3) is 0 Å². The molecule has 0 aromatic heterocycles. The number of carbonyl (C=O) groups is 1. The van der Waals surface area contributed by atoms with E-state index >= 15 is 0 Å². The zero-order valence-corrected chi connectivity index (χ0v) is 25.6. The van der Waals surface area contributed by atoms with Crippen molar-refractivity contribution in [3.8, 4) is 0 Å². The second kappa shape index (κ2) is 14.3. The van der Waals surface area contributed by atoms with Crippen molar-refractivity contribution < 1.29 is 36.8 Å². The maximum absolute atomic E-state index is 12.9. The summed E-state index contributed by atoms with van der Waals surface area (Å²) in [7, 11) is -1.47. The molecule has 0 amide bonds. The van der Waals surface area contributed by atoms with Crippen LogP contribution in [0.1, 0.15) is 114 Å². The van der Waals surface area contributed by atoms with E-state index in [1.165, 1.54) is 22.9 Å². The van der Waals surface area contributed by atoms with E-state index in [1.807, 2.05) is 12.1 Å². The lowest BCUT2D eigenvalue weighted by Crippen LogP contribution is -2.46.